The average molecular weight is 493 g/mol. The van der Waals surface area contributed by atoms with E-state index in [9.17, 15) is 18.0 Å². The molecule has 3 N–H and O–H groups in total. The fourth-order valence-electron chi connectivity index (χ4n) is 2.76. The Morgan fingerprint density at radius 1 is 1.18 bits per heavy atom. The van der Waals surface area contributed by atoms with Crippen LogP contribution in [0.5, 0.6) is 5.75 Å². The molecule has 176 valence electrons. The molecule has 1 heterocycles. The number of methoxy groups -OCH3 is 1. The number of fused-ring (bicyclic) bond motifs is 1. The number of ether oxygens (including phenoxy) is 1. The molecule has 33 heavy (non-hydrogen) atoms. The zero-order valence-electron chi connectivity index (χ0n) is 18.1. The van der Waals surface area contributed by atoms with E-state index in [1.54, 1.807) is 24.3 Å². The van der Waals surface area contributed by atoms with E-state index in [0.717, 1.165) is 24.6 Å². The van der Waals surface area contributed by atoms with Crippen LogP contribution in [0, 0.1) is 0 Å². The molecule has 0 atom stereocenters. The first-order valence-corrected chi connectivity index (χ1v) is 12.6. The highest BCUT2D eigenvalue weighted by Gasteiger charge is 2.19. The molecule has 0 saturated carbocycles. The van der Waals surface area contributed by atoms with Gasteiger partial charge in [0.05, 0.1) is 23.4 Å². The Morgan fingerprint density at radius 3 is 2.73 bits per heavy atom. The first kappa shape index (κ1) is 24.4. The molecule has 1 aromatic heterocycles. The van der Waals surface area contributed by atoms with E-state index in [1.165, 1.54) is 25.3 Å². The lowest BCUT2D eigenvalue weighted by Crippen LogP contribution is -2.40. The molecule has 0 aliphatic heterocycles. The van der Waals surface area contributed by atoms with E-state index in [2.05, 4.69) is 20.3 Å². The number of unbranched alkanes of at least 4 members (excludes halogenated alkanes) is 1. The minimum atomic E-state index is -3.90. The SMILES string of the molecule is CCCCNC(=O)NC(=O)CSc1nc2cc(S(=O)(=O)Nc3ccccc3OC)ccc2o1. The van der Waals surface area contributed by atoms with Gasteiger partial charge in [0.2, 0.25) is 5.91 Å². The number of rotatable bonds is 10. The Balaban J connectivity index is 1.65. The molecular weight excluding hydrogens is 468 g/mol. The number of imide groups is 1. The summed E-state index contributed by atoms with van der Waals surface area (Å²) >= 11 is 0.994. The lowest BCUT2D eigenvalue weighted by molar-refractivity contribution is -0.117. The minimum absolute atomic E-state index is 0.00718. The summed E-state index contributed by atoms with van der Waals surface area (Å²) in [6.07, 6.45) is 1.76. The van der Waals surface area contributed by atoms with E-state index < -0.39 is 22.0 Å². The number of carbonyl (C=O) groups is 2. The molecule has 3 amide bonds. The van der Waals surface area contributed by atoms with Crippen LogP contribution >= 0.6 is 11.8 Å². The largest absolute Gasteiger partial charge is 0.495 e. The van der Waals surface area contributed by atoms with Gasteiger partial charge in [-0.15, -0.1) is 0 Å². The fraction of sp³-hybridized carbons (Fsp3) is 0.286. The van der Waals surface area contributed by atoms with Crippen LogP contribution in [0.15, 0.2) is 57.0 Å². The normalized spacial score (nSPS) is 11.2. The number of nitrogens with zero attached hydrogens (tertiary/aromatic N) is 1. The topological polar surface area (TPSA) is 140 Å². The Morgan fingerprint density at radius 2 is 1.97 bits per heavy atom. The number of nitrogens with one attached hydrogen (secondary N) is 3. The minimum Gasteiger partial charge on any atom is -0.495 e. The predicted molar refractivity (Wildman–Crippen MR) is 125 cm³/mol. The molecule has 2 aromatic carbocycles. The van der Waals surface area contributed by atoms with Gasteiger partial charge in [-0.3, -0.25) is 14.8 Å². The smallest absolute Gasteiger partial charge is 0.321 e. The summed E-state index contributed by atoms with van der Waals surface area (Å²) in [7, 11) is -2.45. The first-order valence-electron chi connectivity index (χ1n) is 10.1. The van der Waals surface area contributed by atoms with Crippen molar-refractivity contribution in [1.29, 1.82) is 0 Å². The van der Waals surface area contributed by atoms with Gasteiger partial charge in [-0.05, 0) is 36.8 Å². The highest BCUT2D eigenvalue weighted by molar-refractivity contribution is 7.99. The third-order valence-electron chi connectivity index (χ3n) is 4.40. The van der Waals surface area contributed by atoms with E-state index in [4.69, 9.17) is 9.15 Å². The van der Waals surface area contributed by atoms with Gasteiger partial charge in [0, 0.05) is 6.54 Å². The standard InChI is InChI=1S/C21H24N4O6S2/c1-3-4-11-22-20(27)24-19(26)13-32-21-23-16-12-14(9-10-18(16)31-21)33(28,29)25-15-7-5-6-8-17(15)30-2/h5-10,12,25H,3-4,11,13H2,1-2H3,(H2,22,24,26,27). The number of hydrogen-bond acceptors (Lipinski definition) is 8. The van der Waals surface area contributed by atoms with Gasteiger partial charge < -0.3 is 14.5 Å². The number of oxazole rings is 1. The Bertz CT molecular complexity index is 1240. The first-order chi connectivity index (χ1) is 15.8. The number of anilines is 1. The molecule has 0 unspecified atom stereocenters. The van der Waals surface area contributed by atoms with Crippen LogP contribution in [0.2, 0.25) is 0 Å². The van der Waals surface area contributed by atoms with Crippen LogP contribution in [0.4, 0.5) is 10.5 Å². The van der Waals surface area contributed by atoms with E-state index in [1.807, 2.05) is 6.92 Å². The highest BCUT2D eigenvalue weighted by atomic mass is 32.2. The summed E-state index contributed by atoms with van der Waals surface area (Å²) in [5.41, 5.74) is 0.991. The molecule has 0 fully saturated rings. The fourth-order valence-corrected chi connectivity index (χ4v) is 4.49. The second-order valence-electron chi connectivity index (χ2n) is 6.86. The van der Waals surface area contributed by atoms with Crippen molar-refractivity contribution in [3.05, 3.63) is 42.5 Å². The van der Waals surface area contributed by atoms with Crippen LogP contribution < -0.4 is 20.1 Å². The van der Waals surface area contributed by atoms with E-state index in [0.29, 0.717) is 29.1 Å². The molecule has 10 nitrogen and oxygen atoms in total. The van der Waals surface area contributed by atoms with Gasteiger partial charge in [0.1, 0.15) is 11.3 Å². The summed E-state index contributed by atoms with van der Waals surface area (Å²) < 4.78 is 38.9. The lowest BCUT2D eigenvalue weighted by atomic mass is 10.3. The number of carbonyl (C=O) groups excluding carboxylic acids is 2. The van der Waals surface area contributed by atoms with Crippen LogP contribution in [-0.4, -0.2) is 44.7 Å². The maximum atomic E-state index is 12.8. The van der Waals surface area contributed by atoms with Gasteiger partial charge in [0.25, 0.3) is 15.2 Å². The molecule has 0 bridgehead atoms. The quantitative estimate of drug-likeness (QED) is 0.289. The summed E-state index contributed by atoms with van der Waals surface area (Å²) in [6.45, 7) is 2.49. The lowest BCUT2D eigenvalue weighted by Gasteiger charge is -2.11. The van der Waals surface area contributed by atoms with Crippen molar-refractivity contribution in [2.24, 2.45) is 0 Å². The van der Waals surface area contributed by atoms with E-state index in [-0.39, 0.29) is 15.9 Å². The molecule has 0 aliphatic rings. The highest BCUT2D eigenvalue weighted by Crippen LogP contribution is 2.29. The predicted octanol–water partition coefficient (Wildman–Crippen LogP) is 3.36. The molecular formula is C21H24N4O6S2. The molecule has 0 radical (unpaired) electrons. The van der Waals surface area contributed by atoms with Gasteiger partial charge >= 0.3 is 6.03 Å². The number of thioether (sulfide) groups is 1. The Labute approximate surface area is 195 Å². The number of benzene rings is 2. The second-order valence-corrected chi connectivity index (χ2v) is 9.47. The van der Waals surface area contributed by atoms with Crippen molar-refractivity contribution < 1.29 is 27.2 Å². The maximum absolute atomic E-state index is 12.8. The van der Waals surface area contributed by atoms with Crippen molar-refractivity contribution in [3.8, 4) is 5.75 Å². The second kappa shape index (κ2) is 11.1. The molecule has 3 rings (SSSR count). The monoisotopic (exact) mass is 492 g/mol. The van der Waals surface area contributed by atoms with Crippen molar-refractivity contribution in [2.75, 3.05) is 24.1 Å². The zero-order chi connectivity index (χ0) is 23.8. The summed E-state index contributed by atoms with van der Waals surface area (Å²) in [5, 5.41) is 5.00. The molecule has 0 spiro atoms. The van der Waals surface area contributed by atoms with Gasteiger partial charge in [-0.2, -0.15) is 0 Å². The van der Waals surface area contributed by atoms with Crippen molar-refractivity contribution in [2.45, 2.75) is 29.9 Å². The number of hydrogen-bond donors (Lipinski definition) is 3. The summed E-state index contributed by atoms with van der Waals surface area (Å²) in [5.74, 6) is -0.200. The van der Waals surface area contributed by atoms with Crippen LogP contribution in [0.1, 0.15) is 19.8 Å². The maximum Gasteiger partial charge on any atom is 0.321 e. The number of urea groups is 1. The number of sulfonamides is 1. The molecule has 12 heteroatoms. The number of para-hydroxylation sites is 2. The van der Waals surface area contributed by atoms with Crippen molar-refractivity contribution in [1.82, 2.24) is 15.6 Å². The van der Waals surface area contributed by atoms with Gasteiger partial charge in [-0.25, -0.2) is 18.2 Å². The van der Waals surface area contributed by atoms with Crippen molar-refractivity contribution in [3.63, 3.8) is 0 Å². The summed E-state index contributed by atoms with van der Waals surface area (Å²) in [4.78, 5) is 27.8. The van der Waals surface area contributed by atoms with Crippen molar-refractivity contribution >= 4 is 50.5 Å². The number of aromatic nitrogens is 1. The van der Waals surface area contributed by atoms with Crippen LogP contribution in [0.3, 0.4) is 0 Å². The molecule has 0 saturated heterocycles. The third-order valence-corrected chi connectivity index (χ3v) is 6.59. The molecule has 0 aliphatic carbocycles. The van der Waals surface area contributed by atoms with Gasteiger partial charge in [0.15, 0.2) is 5.58 Å². The Kier molecular flexibility index (Phi) is 8.17. The summed E-state index contributed by atoms with van der Waals surface area (Å²) in [6, 6.07) is 10.4. The molecule has 3 aromatic rings. The van der Waals surface area contributed by atoms with E-state index >= 15 is 0 Å². The van der Waals surface area contributed by atoms with Crippen LogP contribution in [-0.2, 0) is 14.8 Å². The Hall–Kier alpha value is -3.25. The van der Waals surface area contributed by atoms with Crippen LogP contribution in [0.25, 0.3) is 11.1 Å². The third kappa shape index (κ3) is 6.62. The zero-order valence-corrected chi connectivity index (χ0v) is 19.7. The number of amides is 3. The average Bonchev–Trinajstić information content (AvgIpc) is 3.20. The van der Waals surface area contributed by atoms with Gasteiger partial charge in [-0.1, -0.05) is 37.2 Å².